The first-order valence-corrected chi connectivity index (χ1v) is 15.7. The first kappa shape index (κ1) is 26.5. The second-order valence-electron chi connectivity index (χ2n) is 10.1. The van der Waals surface area contributed by atoms with Crippen molar-refractivity contribution in [1.82, 2.24) is 0 Å². The van der Waals surface area contributed by atoms with Crippen LogP contribution in [0.1, 0.15) is 70.6 Å². The minimum atomic E-state index is -2.32. The van der Waals surface area contributed by atoms with Crippen LogP contribution in [0, 0.1) is 5.92 Å². The Morgan fingerprint density at radius 2 is 0.972 bits per heavy atom. The molecule has 0 atom stereocenters. The lowest BCUT2D eigenvalue weighted by Crippen LogP contribution is -2.29. The summed E-state index contributed by atoms with van der Waals surface area (Å²) in [6, 6.07) is 31.5. The molecule has 0 N–H and O–H groups in total. The van der Waals surface area contributed by atoms with E-state index in [9.17, 15) is 4.79 Å². The van der Waals surface area contributed by atoms with Crippen molar-refractivity contribution in [3.05, 3.63) is 91.0 Å². The SMILES string of the molecule is O=C(C=P(c1ccccc1)(c1ccccc1)c1ccccc1)OCC1CCCCCCCCCCC1. The van der Waals surface area contributed by atoms with E-state index >= 15 is 0 Å². The van der Waals surface area contributed by atoms with Gasteiger partial charge in [-0.3, -0.25) is 0 Å². The second-order valence-corrected chi connectivity index (χ2v) is 13.4. The molecule has 1 saturated carbocycles. The minimum absolute atomic E-state index is 0.189. The molecular formula is C33H41O2P. The molecule has 0 heterocycles. The van der Waals surface area contributed by atoms with Crippen LogP contribution in [-0.2, 0) is 9.53 Å². The highest BCUT2D eigenvalue weighted by atomic mass is 31.2. The van der Waals surface area contributed by atoms with Gasteiger partial charge in [0.1, 0.15) is 0 Å². The van der Waals surface area contributed by atoms with Gasteiger partial charge in [-0.1, -0.05) is 149 Å². The summed E-state index contributed by atoms with van der Waals surface area (Å²) in [5, 5.41) is 3.51. The Kier molecular flexibility index (Phi) is 10.5. The lowest BCUT2D eigenvalue weighted by atomic mass is 9.93. The highest BCUT2D eigenvalue weighted by Gasteiger charge is 2.27. The van der Waals surface area contributed by atoms with E-state index in [-0.39, 0.29) is 5.97 Å². The highest BCUT2D eigenvalue weighted by molar-refractivity contribution is 7.95. The molecule has 0 aliphatic heterocycles. The van der Waals surface area contributed by atoms with Crippen LogP contribution in [0.15, 0.2) is 91.0 Å². The van der Waals surface area contributed by atoms with Crippen molar-refractivity contribution in [3.63, 3.8) is 0 Å². The maximum atomic E-state index is 13.5. The van der Waals surface area contributed by atoms with Crippen LogP contribution in [0.4, 0.5) is 0 Å². The molecule has 4 rings (SSSR count). The molecule has 1 aliphatic rings. The summed E-state index contributed by atoms with van der Waals surface area (Å²) < 4.78 is 6.06. The molecule has 0 spiro atoms. The van der Waals surface area contributed by atoms with Gasteiger partial charge in [0.2, 0.25) is 0 Å². The van der Waals surface area contributed by atoms with Gasteiger partial charge in [-0.2, -0.15) is 0 Å². The molecule has 0 amide bonds. The summed E-state index contributed by atoms with van der Waals surface area (Å²) in [6.45, 7) is -1.78. The van der Waals surface area contributed by atoms with Gasteiger partial charge in [0.15, 0.2) is 0 Å². The van der Waals surface area contributed by atoms with Crippen LogP contribution in [0.3, 0.4) is 0 Å². The number of hydrogen-bond acceptors (Lipinski definition) is 2. The summed E-state index contributed by atoms with van der Waals surface area (Å²) in [4.78, 5) is 13.5. The zero-order chi connectivity index (χ0) is 24.9. The molecule has 0 unspecified atom stereocenters. The fraction of sp³-hybridized carbons (Fsp3) is 0.394. The molecule has 1 aliphatic carbocycles. The van der Waals surface area contributed by atoms with Gasteiger partial charge in [-0.15, -0.1) is 0 Å². The average molecular weight is 501 g/mol. The number of hydrogen-bond donors (Lipinski definition) is 0. The van der Waals surface area contributed by atoms with E-state index in [1.165, 1.54) is 86.5 Å². The third-order valence-electron chi connectivity index (χ3n) is 7.48. The van der Waals surface area contributed by atoms with Gasteiger partial charge in [-0.05, 0) is 41.6 Å². The van der Waals surface area contributed by atoms with Crippen molar-refractivity contribution < 1.29 is 9.53 Å². The molecular weight excluding hydrogens is 459 g/mol. The number of carbonyl (C=O) groups excluding carboxylic acids is 1. The molecule has 3 aromatic rings. The first-order chi connectivity index (χ1) is 17.8. The Morgan fingerprint density at radius 3 is 1.36 bits per heavy atom. The van der Waals surface area contributed by atoms with E-state index in [1.54, 1.807) is 0 Å². The van der Waals surface area contributed by atoms with Gasteiger partial charge in [0.25, 0.3) is 0 Å². The van der Waals surface area contributed by atoms with E-state index in [4.69, 9.17) is 4.74 Å². The van der Waals surface area contributed by atoms with Crippen molar-refractivity contribution in [2.75, 3.05) is 6.61 Å². The number of carbonyl (C=O) groups is 1. The molecule has 3 aromatic carbocycles. The zero-order valence-electron chi connectivity index (χ0n) is 21.6. The Morgan fingerprint density at radius 1 is 0.611 bits per heavy atom. The average Bonchev–Trinajstić information content (AvgIpc) is 2.93. The number of benzene rings is 3. The van der Waals surface area contributed by atoms with E-state index in [1.807, 2.05) is 24.0 Å². The van der Waals surface area contributed by atoms with Crippen LogP contribution in [-0.4, -0.2) is 18.4 Å². The predicted molar refractivity (Wildman–Crippen MR) is 156 cm³/mol. The van der Waals surface area contributed by atoms with Crippen molar-refractivity contribution in [2.45, 2.75) is 70.6 Å². The summed E-state index contributed by atoms with van der Waals surface area (Å²) in [5.41, 5.74) is 0. The standard InChI is InChI=1S/C33H41O2P/c34-33(35-27-29-19-11-6-4-2-1-3-5-7-12-20-29)28-36(30-21-13-8-14-22-30,31-23-15-9-16-24-31)32-25-17-10-18-26-32/h8-10,13-18,21-26,28-29H,1-7,11-12,19-20,27H2. The summed E-state index contributed by atoms with van der Waals surface area (Å²) in [5.74, 6) is 2.20. The lowest BCUT2D eigenvalue weighted by Gasteiger charge is -2.28. The van der Waals surface area contributed by atoms with Crippen LogP contribution >= 0.6 is 6.89 Å². The molecule has 0 saturated heterocycles. The Balaban J connectivity index is 1.62. The van der Waals surface area contributed by atoms with Crippen LogP contribution in [0.25, 0.3) is 0 Å². The fourth-order valence-electron chi connectivity index (χ4n) is 5.47. The van der Waals surface area contributed by atoms with Crippen molar-refractivity contribution in [1.29, 1.82) is 0 Å². The minimum Gasteiger partial charge on any atom is -0.462 e. The van der Waals surface area contributed by atoms with E-state index in [0.717, 1.165) is 0 Å². The van der Waals surface area contributed by atoms with Crippen LogP contribution in [0.5, 0.6) is 0 Å². The summed E-state index contributed by atoms with van der Waals surface area (Å²) >= 11 is 0. The predicted octanol–water partition coefficient (Wildman–Crippen LogP) is 7.25. The Bertz CT molecular complexity index is 977. The second kappa shape index (κ2) is 14.2. The molecule has 36 heavy (non-hydrogen) atoms. The summed E-state index contributed by atoms with van der Waals surface area (Å²) in [6.07, 6.45) is 14.3. The molecule has 2 nitrogen and oxygen atoms in total. The quantitative estimate of drug-likeness (QED) is 0.263. The van der Waals surface area contributed by atoms with Crippen LogP contribution < -0.4 is 15.9 Å². The third-order valence-corrected chi connectivity index (χ3v) is 11.4. The number of rotatable bonds is 6. The fourth-order valence-corrected chi connectivity index (χ4v) is 9.13. The van der Waals surface area contributed by atoms with Gasteiger partial charge in [0.05, 0.1) is 6.61 Å². The van der Waals surface area contributed by atoms with Crippen molar-refractivity contribution in [2.24, 2.45) is 5.92 Å². The van der Waals surface area contributed by atoms with Crippen LogP contribution in [0.2, 0.25) is 0 Å². The van der Waals surface area contributed by atoms with Crippen molar-refractivity contribution in [3.8, 4) is 0 Å². The Hall–Kier alpha value is -2.57. The molecule has 0 aromatic heterocycles. The maximum Gasteiger partial charge on any atom is 0.331 e. The maximum absolute atomic E-state index is 13.5. The monoisotopic (exact) mass is 500 g/mol. The smallest absolute Gasteiger partial charge is 0.331 e. The topological polar surface area (TPSA) is 26.3 Å². The first-order valence-electron chi connectivity index (χ1n) is 13.9. The third kappa shape index (κ3) is 7.23. The van der Waals surface area contributed by atoms with Gasteiger partial charge < -0.3 is 4.74 Å². The van der Waals surface area contributed by atoms with E-state index < -0.39 is 6.89 Å². The lowest BCUT2D eigenvalue weighted by molar-refractivity contribution is -0.136. The van der Waals surface area contributed by atoms with E-state index in [0.29, 0.717) is 12.5 Å². The number of ether oxygens (including phenoxy) is 1. The molecule has 3 heteroatoms. The highest BCUT2D eigenvalue weighted by Crippen LogP contribution is 2.43. The van der Waals surface area contributed by atoms with Gasteiger partial charge in [0, 0.05) is 5.80 Å². The Labute approximate surface area is 218 Å². The largest absolute Gasteiger partial charge is 0.462 e. The molecule has 1 fully saturated rings. The van der Waals surface area contributed by atoms with Crippen molar-refractivity contribution >= 4 is 34.6 Å². The normalized spacial score (nSPS) is 16.3. The molecule has 0 radical (unpaired) electrons. The van der Waals surface area contributed by atoms with E-state index in [2.05, 4.69) is 72.8 Å². The van der Waals surface area contributed by atoms with Gasteiger partial charge >= 0.3 is 5.97 Å². The molecule has 190 valence electrons. The zero-order valence-corrected chi connectivity index (χ0v) is 22.5. The van der Waals surface area contributed by atoms with Gasteiger partial charge in [-0.25, -0.2) is 4.79 Å². The number of esters is 1. The molecule has 0 bridgehead atoms. The summed E-state index contributed by atoms with van der Waals surface area (Å²) in [7, 11) is 0.